The Morgan fingerprint density at radius 1 is 1.47 bits per heavy atom. The summed E-state index contributed by atoms with van der Waals surface area (Å²) in [5, 5.41) is 2.94. The molecule has 0 aliphatic heterocycles. The zero-order chi connectivity index (χ0) is 12.0. The summed E-state index contributed by atoms with van der Waals surface area (Å²) in [5.41, 5.74) is 5.43. The van der Waals surface area contributed by atoms with E-state index in [1.807, 2.05) is 0 Å². The van der Waals surface area contributed by atoms with Crippen LogP contribution in [0.5, 0.6) is 0 Å². The first kappa shape index (κ1) is 16.7. The molecule has 0 bridgehead atoms. The van der Waals surface area contributed by atoms with E-state index >= 15 is 0 Å². The molecule has 3 unspecified atom stereocenters. The van der Waals surface area contributed by atoms with Gasteiger partial charge in [-0.2, -0.15) is 0 Å². The number of ether oxygens (including phenoxy) is 1. The van der Waals surface area contributed by atoms with Gasteiger partial charge in [0.1, 0.15) is 6.10 Å². The highest BCUT2D eigenvalue weighted by molar-refractivity contribution is 5.85. The summed E-state index contributed by atoms with van der Waals surface area (Å²) in [7, 11) is 1.51. The number of hydrogen-bond donors (Lipinski definition) is 2. The van der Waals surface area contributed by atoms with E-state index in [1.54, 1.807) is 0 Å². The SMILES string of the molecule is COC(CN)C(=O)NCC1CCCCC1C.Cl. The number of methoxy groups -OCH3 is 1. The molecule has 0 radical (unpaired) electrons. The van der Waals surface area contributed by atoms with E-state index in [0.29, 0.717) is 11.8 Å². The first-order chi connectivity index (χ1) is 7.69. The number of carbonyl (C=O) groups excluding carboxylic acids is 1. The van der Waals surface area contributed by atoms with E-state index in [4.69, 9.17) is 10.5 Å². The van der Waals surface area contributed by atoms with E-state index < -0.39 is 6.10 Å². The molecule has 0 aromatic rings. The van der Waals surface area contributed by atoms with Crippen LogP contribution in [-0.2, 0) is 9.53 Å². The van der Waals surface area contributed by atoms with Crippen molar-refractivity contribution in [3.8, 4) is 0 Å². The van der Waals surface area contributed by atoms with Gasteiger partial charge in [-0.15, -0.1) is 12.4 Å². The highest BCUT2D eigenvalue weighted by Gasteiger charge is 2.23. The summed E-state index contributed by atoms with van der Waals surface area (Å²) in [6.07, 6.45) is 4.62. The summed E-state index contributed by atoms with van der Waals surface area (Å²) in [6.45, 7) is 3.27. The van der Waals surface area contributed by atoms with Gasteiger partial charge in [0.05, 0.1) is 0 Å². The van der Waals surface area contributed by atoms with E-state index in [9.17, 15) is 4.79 Å². The summed E-state index contributed by atoms with van der Waals surface area (Å²) in [4.78, 5) is 11.6. The molecule has 0 heterocycles. The number of amides is 1. The Hall–Kier alpha value is -0.320. The molecule has 102 valence electrons. The lowest BCUT2D eigenvalue weighted by Gasteiger charge is -2.29. The zero-order valence-corrected chi connectivity index (χ0v) is 11.6. The second-order valence-electron chi connectivity index (χ2n) is 4.73. The molecule has 1 rings (SSSR count). The molecular weight excluding hydrogens is 240 g/mol. The maximum Gasteiger partial charge on any atom is 0.250 e. The molecule has 1 fully saturated rings. The smallest absolute Gasteiger partial charge is 0.250 e. The van der Waals surface area contributed by atoms with E-state index in [0.717, 1.165) is 6.54 Å². The maximum atomic E-state index is 11.6. The second-order valence-corrected chi connectivity index (χ2v) is 4.73. The standard InChI is InChI=1S/C12H24N2O2.ClH/c1-9-5-3-4-6-10(9)8-14-12(15)11(7-13)16-2;/h9-11H,3-8,13H2,1-2H3,(H,14,15);1H. The fourth-order valence-corrected chi connectivity index (χ4v) is 2.35. The Bertz CT molecular complexity index is 223. The summed E-state index contributed by atoms with van der Waals surface area (Å²) < 4.78 is 4.99. The number of hydrogen-bond acceptors (Lipinski definition) is 3. The molecule has 17 heavy (non-hydrogen) atoms. The van der Waals surface area contributed by atoms with Crippen LogP contribution in [0.2, 0.25) is 0 Å². The molecule has 0 spiro atoms. The van der Waals surface area contributed by atoms with Crippen molar-refractivity contribution in [1.82, 2.24) is 5.32 Å². The van der Waals surface area contributed by atoms with Gasteiger partial charge >= 0.3 is 0 Å². The highest BCUT2D eigenvalue weighted by atomic mass is 35.5. The van der Waals surface area contributed by atoms with Crippen molar-refractivity contribution >= 4 is 18.3 Å². The average Bonchev–Trinajstić information content (AvgIpc) is 2.29. The minimum absolute atomic E-state index is 0. The van der Waals surface area contributed by atoms with Crippen molar-refractivity contribution in [2.75, 3.05) is 20.2 Å². The van der Waals surface area contributed by atoms with E-state index in [-0.39, 0.29) is 24.9 Å². The molecule has 0 saturated heterocycles. The van der Waals surface area contributed by atoms with Crippen LogP contribution >= 0.6 is 12.4 Å². The molecule has 0 aromatic heterocycles. The number of rotatable bonds is 5. The van der Waals surface area contributed by atoms with Crippen LogP contribution in [0, 0.1) is 11.8 Å². The molecule has 1 amide bonds. The lowest BCUT2D eigenvalue weighted by atomic mass is 9.80. The highest BCUT2D eigenvalue weighted by Crippen LogP contribution is 2.28. The minimum atomic E-state index is -0.501. The third kappa shape index (κ3) is 5.23. The fourth-order valence-electron chi connectivity index (χ4n) is 2.35. The van der Waals surface area contributed by atoms with Crippen LogP contribution in [0.1, 0.15) is 32.6 Å². The average molecular weight is 265 g/mol. The predicted molar refractivity (Wildman–Crippen MR) is 71.2 cm³/mol. The van der Waals surface area contributed by atoms with Gasteiger partial charge in [-0.1, -0.05) is 26.2 Å². The van der Waals surface area contributed by atoms with Crippen molar-refractivity contribution in [3.63, 3.8) is 0 Å². The Kier molecular flexibility index (Phi) is 8.56. The first-order valence-corrected chi connectivity index (χ1v) is 6.19. The lowest BCUT2D eigenvalue weighted by Crippen LogP contribution is -2.43. The summed E-state index contributed by atoms with van der Waals surface area (Å²) in [5.74, 6) is 1.25. The maximum absolute atomic E-state index is 11.6. The number of nitrogens with one attached hydrogen (secondary N) is 1. The molecule has 3 N–H and O–H groups in total. The Morgan fingerprint density at radius 2 is 2.12 bits per heavy atom. The molecule has 1 aliphatic rings. The van der Waals surface area contributed by atoms with Gasteiger partial charge in [0.15, 0.2) is 0 Å². The van der Waals surface area contributed by atoms with Crippen molar-refractivity contribution < 1.29 is 9.53 Å². The quantitative estimate of drug-likeness (QED) is 0.787. The Balaban J connectivity index is 0.00000256. The van der Waals surface area contributed by atoms with Crippen molar-refractivity contribution in [2.45, 2.75) is 38.7 Å². The van der Waals surface area contributed by atoms with Crippen LogP contribution in [-0.4, -0.2) is 32.2 Å². The zero-order valence-electron chi connectivity index (χ0n) is 10.8. The Labute approximate surface area is 110 Å². The van der Waals surface area contributed by atoms with Crippen molar-refractivity contribution in [3.05, 3.63) is 0 Å². The van der Waals surface area contributed by atoms with Gasteiger partial charge in [-0.25, -0.2) is 0 Å². The van der Waals surface area contributed by atoms with Crippen LogP contribution in [0.4, 0.5) is 0 Å². The van der Waals surface area contributed by atoms with E-state index in [2.05, 4.69) is 12.2 Å². The number of halogens is 1. The fraction of sp³-hybridized carbons (Fsp3) is 0.917. The third-order valence-corrected chi connectivity index (χ3v) is 3.62. The number of nitrogens with two attached hydrogens (primary N) is 1. The van der Waals surface area contributed by atoms with Crippen LogP contribution in [0.25, 0.3) is 0 Å². The monoisotopic (exact) mass is 264 g/mol. The molecule has 5 heteroatoms. The van der Waals surface area contributed by atoms with Crippen LogP contribution in [0.3, 0.4) is 0 Å². The van der Waals surface area contributed by atoms with Crippen LogP contribution in [0.15, 0.2) is 0 Å². The largest absolute Gasteiger partial charge is 0.370 e. The van der Waals surface area contributed by atoms with Gasteiger partial charge < -0.3 is 15.8 Å². The lowest BCUT2D eigenvalue weighted by molar-refractivity contribution is -0.130. The molecule has 4 nitrogen and oxygen atoms in total. The normalized spacial score (nSPS) is 25.8. The van der Waals surface area contributed by atoms with E-state index in [1.165, 1.54) is 32.8 Å². The van der Waals surface area contributed by atoms with Gasteiger partial charge in [-0.3, -0.25) is 4.79 Å². The third-order valence-electron chi connectivity index (χ3n) is 3.62. The van der Waals surface area contributed by atoms with Gasteiger partial charge in [0, 0.05) is 20.2 Å². The Morgan fingerprint density at radius 3 is 2.65 bits per heavy atom. The molecular formula is C12H25ClN2O2. The van der Waals surface area contributed by atoms with Crippen molar-refractivity contribution in [1.29, 1.82) is 0 Å². The summed E-state index contributed by atoms with van der Waals surface area (Å²) in [6, 6.07) is 0. The minimum Gasteiger partial charge on any atom is -0.370 e. The molecule has 1 saturated carbocycles. The molecule has 0 aromatic carbocycles. The van der Waals surface area contributed by atoms with Gasteiger partial charge in [0.2, 0.25) is 5.91 Å². The number of carbonyl (C=O) groups is 1. The van der Waals surface area contributed by atoms with Gasteiger partial charge in [0.25, 0.3) is 0 Å². The molecule has 3 atom stereocenters. The topological polar surface area (TPSA) is 64.3 Å². The van der Waals surface area contributed by atoms with Crippen molar-refractivity contribution in [2.24, 2.45) is 17.6 Å². The predicted octanol–water partition coefficient (Wildman–Crippen LogP) is 1.32. The van der Waals surface area contributed by atoms with Crippen LogP contribution < -0.4 is 11.1 Å². The van der Waals surface area contributed by atoms with Gasteiger partial charge in [-0.05, 0) is 18.3 Å². The second kappa shape index (κ2) is 8.72. The summed E-state index contributed by atoms with van der Waals surface area (Å²) >= 11 is 0. The molecule has 1 aliphatic carbocycles. The first-order valence-electron chi connectivity index (χ1n) is 6.19.